The van der Waals surface area contributed by atoms with Crippen molar-refractivity contribution in [3.63, 3.8) is 0 Å². The summed E-state index contributed by atoms with van der Waals surface area (Å²) in [7, 11) is -9.68. The third-order valence-corrected chi connectivity index (χ3v) is 26.6. The molecule has 12 aromatic carbocycles. The van der Waals surface area contributed by atoms with Crippen molar-refractivity contribution in [1.82, 2.24) is 29.9 Å². The summed E-state index contributed by atoms with van der Waals surface area (Å²) < 4.78 is 48.7. The molecular formula is C79H58Br3Cl2N6O5P3. The Kier molecular flexibility index (Phi) is 23.9. The molecule has 19 heteroatoms. The smallest absolute Gasteiger partial charge is 0.171 e. The van der Waals surface area contributed by atoms with Gasteiger partial charge in [-0.15, -0.1) is 23.2 Å². The molecule has 98 heavy (non-hydrogen) atoms. The van der Waals surface area contributed by atoms with Crippen LogP contribution in [0.25, 0.3) is 68.3 Å². The van der Waals surface area contributed by atoms with Crippen molar-refractivity contribution in [3.05, 3.63) is 341 Å². The Morgan fingerprint density at radius 3 is 0.490 bits per heavy atom. The fourth-order valence-corrected chi connectivity index (χ4v) is 19.7. The maximum atomic E-state index is 15.2. The topological polar surface area (TPSA) is 169 Å². The maximum Gasteiger partial charge on any atom is 0.171 e. The predicted octanol–water partition coefficient (Wildman–Crippen LogP) is 18.4. The van der Waals surface area contributed by atoms with Gasteiger partial charge >= 0.3 is 0 Å². The summed E-state index contributed by atoms with van der Waals surface area (Å²) in [5.74, 6) is 3.20. The van der Waals surface area contributed by atoms with Crippen molar-refractivity contribution < 1.29 is 24.2 Å². The fraction of sp³-hybridized carbons (Fsp3) is 0.0127. The Bertz CT molecular complexity index is 4420. The van der Waals surface area contributed by atoms with Gasteiger partial charge in [-0.2, -0.15) is 0 Å². The maximum absolute atomic E-state index is 15.2. The van der Waals surface area contributed by atoms with E-state index in [4.69, 9.17) is 63.6 Å². The van der Waals surface area contributed by atoms with E-state index in [1.807, 2.05) is 328 Å². The molecule has 0 aliphatic carbocycles. The molecule has 0 bridgehead atoms. The molecule has 484 valence electrons. The van der Waals surface area contributed by atoms with Gasteiger partial charge in [0.1, 0.15) is 0 Å². The number of rotatable bonds is 15. The first kappa shape index (κ1) is 70.6. The molecule has 0 saturated heterocycles. The monoisotopic (exact) mass is 1570 g/mol. The summed E-state index contributed by atoms with van der Waals surface area (Å²) >= 11 is 19.9. The van der Waals surface area contributed by atoms with E-state index >= 15 is 13.7 Å². The number of alkyl halides is 2. The normalized spacial score (nSPS) is 11.2. The quantitative estimate of drug-likeness (QED) is 0.0434. The molecule has 0 spiro atoms. The van der Waals surface area contributed by atoms with Gasteiger partial charge in [0, 0.05) is 94.5 Å². The van der Waals surface area contributed by atoms with Crippen molar-refractivity contribution in [3.8, 4) is 68.3 Å². The zero-order chi connectivity index (χ0) is 68.5. The molecule has 0 aliphatic heterocycles. The third-order valence-electron chi connectivity index (χ3n) is 15.8. The second-order valence-corrected chi connectivity index (χ2v) is 33.6. The average Bonchev–Trinajstić information content (AvgIpc) is 0.775. The molecule has 0 saturated carbocycles. The van der Waals surface area contributed by atoms with Crippen LogP contribution in [0.4, 0.5) is 0 Å². The lowest BCUT2D eigenvalue weighted by Gasteiger charge is -2.20. The Hall–Kier alpha value is -8.71. The van der Waals surface area contributed by atoms with Gasteiger partial charge in [-0.05, 0) is 36.4 Å². The highest BCUT2D eigenvalue weighted by atomic mass is 79.9. The minimum absolute atomic E-state index is 0.194. The standard InChI is InChI=1S/C57H42N3O3P3.C21H12Br3N3.CH2Cl2.H2O2/c61-64(46-19-7-1-8-20-46,47-21-9-2-10-22-47)52-37-31-43(32-38-52)55-58-56(44-33-39-53(40-34-44)65(62,48-23-11-3-12-24-48)49-25-13-4-14-26-49)60-57(59-55)45-35-41-54(42-36-45)66(63,50-27-15-5-16-28-50)51-29-17-6-18-30-51;22-16-7-1-13(2-8-16)19-25-20(14-3-9-17(23)10-4-14)27-21(26-19)15-5-11-18(24)12-6-15;2-1-3;1-2/h1-42H;1-12H;1H2;1-2H. The molecule has 2 aromatic heterocycles. The van der Waals surface area contributed by atoms with Crippen molar-refractivity contribution >= 4 is 140 Å². The molecule has 2 N–H and O–H groups in total. The molecule has 0 aliphatic rings. The number of halogens is 5. The number of hydrogen-bond donors (Lipinski definition) is 2. The highest BCUT2D eigenvalue weighted by Crippen LogP contribution is 2.45. The molecule has 0 fully saturated rings. The molecule has 11 nitrogen and oxygen atoms in total. The van der Waals surface area contributed by atoms with Gasteiger partial charge < -0.3 is 13.7 Å². The van der Waals surface area contributed by atoms with Gasteiger partial charge in [-0.1, -0.05) is 339 Å². The molecule has 0 unspecified atom stereocenters. The van der Waals surface area contributed by atoms with Crippen molar-refractivity contribution in [2.45, 2.75) is 0 Å². The Balaban J connectivity index is 0.000000252. The van der Waals surface area contributed by atoms with E-state index in [2.05, 4.69) is 47.8 Å². The second kappa shape index (κ2) is 33.2. The van der Waals surface area contributed by atoms with Crippen LogP contribution < -0.4 is 47.7 Å². The van der Waals surface area contributed by atoms with Crippen LogP contribution in [-0.4, -0.2) is 45.8 Å². The van der Waals surface area contributed by atoms with Crippen LogP contribution in [0.3, 0.4) is 0 Å². The SMILES string of the molecule is Brc1ccc(-c2nc(-c3ccc(Br)cc3)nc(-c3ccc(Br)cc3)n2)cc1.ClCCl.O=P(c1ccccc1)(c1ccccc1)c1ccc(-c2nc(-c3ccc(P(=O)(c4ccccc4)c4ccccc4)cc3)nc(-c3ccc(P(=O)(c4ccccc4)c4ccccc4)cc3)n2)cc1.OO. The first-order valence-electron chi connectivity index (χ1n) is 30.4. The summed E-state index contributed by atoms with van der Waals surface area (Å²) in [5.41, 5.74) is 4.95. The van der Waals surface area contributed by atoms with Gasteiger partial charge in [0.05, 0.1) is 5.34 Å². The Labute approximate surface area is 603 Å². The Morgan fingerprint density at radius 2 is 0.347 bits per heavy atom. The van der Waals surface area contributed by atoms with Crippen LogP contribution >= 0.6 is 92.4 Å². The summed E-state index contributed by atoms with van der Waals surface area (Å²) in [6.45, 7) is 0. The van der Waals surface area contributed by atoms with E-state index in [0.717, 1.165) is 61.9 Å². The fourth-order valence-electron chi connectivity index (χ4n) is 11.0. The molecule has 0 amide bonds. The van der Waals surface area contributed by atoms with E-state index < -0.39 is 21.4 Å². The van der Waals surface area contributed by atoms with Gasteiger partial charge in [-0.25, -0.2) is 29.9 Å². The molecule has 14 aromatic rings. The van der Waals surface area contributed by atoms with Gasteiger partial charge in [-0.3, -0.25) is 10.5 Å². The van der Waals surface area contributed by atoms with E-state index in [1.165, 1.54) is 0 Å². The highest BCUT2D eigenvalue weighted by molar-refractivity contribution is 9.11. The minimum Gasteiger partial charge on any atom is -0.309 e. The number of nitrogens with zero attached hydrogens (tertiary/aromatic N) is 6. The van der Waals surface area contributed by atoms with Gasteiger partial charge in [0.15, 0.2) is 56.4 Å². The largest absolute Gasteiger partial charge is 0.309 e. The zero-order valence-electron chi connectivity index (χ0n) is 51.9. The van der Waals surface area contributed by atoms with Crippen LogP contribution in [0.2, 0.25) is 0 Å². The lowest BCUT2D eigenvalue weighted by molar-refractivity contribution is -0.176. The van der Waals surface area contributed by atoms with Crippen LogP contribution in [0, 0.1) is 0 Å². The summed E-state index contributed by atoms with van der Waals surface area (Å²) in [6, 6.07) is 104. The lowest BCUT2D eigenvalue weighted by Crippen LogP contribution is -2.25. The van der Waals surface area contributed by atoms with E-state index in [1.54, 1.807) is 0 Å². The second-order valence-electron chi connectivity index (χ2n) is 21.7. The van der Waals surface area contributed by atoms with Crippen LogP contribution in [0.5, 0.6) is 0 Å². The molecule has 14 rings (SSSR count). The third kappa shape index (κ3) is 16.0. The minimum atomic E-state index is -3.23. The number of benzene rings is 12. The average molecular weight is 1570 g/mol. The number of aromatic nitrogens is 6. The summed E-state index contributed by atoms with van der Waals surface area (Å²) in [6.07, 6.45) is 0. The summed E-state index contributed by atoms with van der Waals surface area (Å²) in [5, 5.41) is 18.7. The molecule has 0 radical (unpaired) electrons. The highest BCUT2D eigenvalue weighted by Gasteiger charge is 2.33. The van der Waals surface area contributed by atoms with Gasteiger partial charge in [0.2, 0.25) is 0 Å². The van der Waals surface area contributed by atoms with E-state index in [-0.39, 0.29) is 5.34 Å². The van der Waals surface area contributed by atoms with Crippen molar-refractivity contribution in [2.24, 2.45) is 0 Å². The van der Waals surface area contributed by atoms with Crippen molar-refractivity contribution in [2.75, 3.05) is 5.34 Å². The Morgan fingerprint density at radius 1 is 0.224 bits per heavy atom. The van der Waals surface area contributed by atoms with Crippen LogP contribution in [0.15, 0.2) is 341 Å². The van der Waals surface area contributed by atoms with E-state index in [9.17, 15) is 0 Å². The summed E-state index contributed by atoms with van der Waals surface area (Å²) in [4.78, 5) is 29.3. The van der Waals surface area contributed by atoms with E-state index in [0.29, 0.717) is 67.6 Å². The lowest BCUT2D eigenvalue weighted by atomic mass is 10.1. The molecule has 2 heterocycles. The van der Waals surface area contributed by atoms with Crippen LogP contribution in [0.1, 0.15) is 0 Å². The van der Waals surface area contributed by atoms with Crippen molar-refractivity contribution in [1.29, 1.82) is 0 Å². The van der Waals surface area contributed by atoms with Gasteiger partial charge in [0.25, 0.3) is 0 Å². The first-order valence-corrected chi connectivity index (χ1v) is 39.0. The number of hydrogen-bond acceptors (Lipinski definition) is 11. The predicted molar refractivity (Wildman–Crippen MR) is 415 cm³/mol. The molecule has 0 atom stereocenters. The first-order chi connectivity index (χ1) is 47.8. The zero-order valence-corrected chi connectivity index (χ0v) is 60.9. The molecular weight excluding hydrogens is 1520 g/mol. The van der Waals surface area contributed by atoms with Crippen LogP contribution in [-0.2, 0) is 13.7 Å².